The maximum atomic E-state index is 13.3. The van der Waals surface area contributed by atoms with Crippen LogP contribution in [0.15, 0.2) is 66.0 Å². The molecule has 0 aliphatic carbocycles. The van der Waals surface area contributed by atoms with Gasteiger partial charge in [0.25, 0.3) is 5.56 Å². The summed E-state index contributed by atoms with van der Waals surface area (Å²) in [4.78, 5) is 32.7. The highest BCUT2D eigenvalue weighted by Gasteiger charge is 2.19. The number of piperidine rings is 1. The number of amides is 1. The van der Waals surface area contributed by atoms with Crippen LogP contribution in [0, 0.1) is 0 Å². The molecule has 1 fully saturated rings. The molecule has 0 atom stereocenters. The average molecular weight is 433 g/mol. The van der Waals surface area contributed by atoms with Crippen molar-refractivity contribution in [1.82, 2.24) is 9.55 Å². The van der Waals surface area contributed by atoms with Crippen molar-refractivity contribution in [2.75, 3.05) is 29.9 Å². The van der Waals surface area contributed by atoms with Gasteiger partial charge in [-0.1, -0.05) is 30.9 Å². The number of benzene rings is 2. The molecule has 1 N–H and O–H groups in total. The molecule has 0 spiro atoms. The van der Waals surface area contributed by atoms with E-state index < -0.39 is 0 Å². The van der Waals surface area contributed by atoms with Gasteiger partial charge in [-0.05, 0) is 43.5 Å². The van der Waals surface area contributed by atoms with Gasteiger partial charge < -0.3 is 19.5 Å². The van der Waals surface area contributed by atoms with Crippen LogP contribution in [0.2, 0.25) is 0 Å². The third-order valence-electron chi connectivity index (χ3n) is 5.54. The van der Waals surface area contributed by atoms with Gasteiger partial charge in [0.2, 0.25) is 5.91 Å². The third-order valence-corrected chi connectivity index (χ3v) is 5.54. The van der Waals surface area contributed by atoms with Crippen LogP contribution in [0.3, 0.4) is 0 Å². The van der Waals surface area contributed by atoms with Gasteiger partial charge in [-0.2, -0.15) is 0 Å². The van der Waals surface area contributed by atoms with Crippen LogP contribution >= 0.6 is 0 Å². The van der Waals surface area contributed by atoms with Crippen molar-refractivity contribution in [1.29, 1.82) is 0 Å². The Labute approximate surface area is 187 Å². The molecule has 166 valence electrons. The minimum atomic E-state index is -0.168. The minimum Gasteiger partial charge on any atom is -0.489 e. The van der Waals surface area contributed by atoms with Crippen molar-refractivity contribution in [3.63, 3.8) is 0 Å². The predicted molar refractivity (Wildman–Crippen MR) is 127 cm³/mol. The highest BCUT2D eigenvalue weighted by Crippen LogP contribution is 2.20. The Kier molecular flexibility index (Phi) is 6.84. The van der Waals surface area contributed by atoms with E-state index in [0.29, 0.717) is 23.9 Å². The minimum absolute atomic E-state index is 0.141. The monoisotopic (exact) mass is 432 g/mol. The summed E-state index contributed by atoms with van der Waals surface area (Å²) in [5, 5.41) is 2.89. The lowest BCUT2D eigenvalue weighted by Gasteiger charge is -2.27. The van der Waals surface area contributed by atoms with E-state index >= 15 is 0 Å². The van der Waals surface area contributed by atoms with Crippen LogP contribution in [0.4, 0.5) is 11.5 Å². The molecule has 1 aliphatic heterocycles. The Morgan fingerprint density at radius 3 is 2.75 bits per heavy atom. The van der Waals surface area contributed by atoms with E-state index in [-0.39, 0.29) is 24.4 Å². The number of ether oxygens (including phenoxy) is 1. The Balaban J connectivity index is 1.52. The summed E-state index contributed by atoms with van der Waals surface area (Å²) in [5.74, 6) is 0.972. The van der Waals surface area contributed by atoms with Crippen molar-refractivity contribution in [3.8, 4) is 5.75 Å². The zero-order chi connectivity index (χ0) is 22.3. The van der Waals surface area contributed by atoms with Gasteiger partial charge in [0.1, 0.15) is 12.4 Å². The fraction of sp³-hybridized carbons (Fsp3) is 0.320. The third kappa shape index (κ3) is 4.99. The first-order valence-electron chi connectivity index (χ1n) is 11.0. The molecule has 2 heterocycles. The maximum Gasteiger partial charge on any atom is 0.294 e. The molecule has 4 rings (SSSR count). The fourth-order valence-electron chi connectivity index (χ4n) is 3.97. The standard InChI is InChI=1S/C25H28N4O3/c1-2-17-32-20-10-8-9-19(18-20)26-23(30)13-16-29-22-12-5-4-11-21(22)27-24(25(29)31)28-14-6-3-7-15-28/h2,4-5,8-12,18H,1,3,6-7,13-17H2,(H,26,30). The molecule has 2 aromatic carbocycles. The number of fused-ring (bicyclic) bond motifs is 1. The zero-order valence-electron chi connectivity index (χ0n) is 18.1. The first-order valence-corrected chi connectivity index (χ1v) is 11.0. The highest BCUT2D eigenvalue weighted by atomic mass is 16.5. The molecular formula is C25H28N4O3. The van der Waals surface area contributed by atoms with E-state index in [0.717, 1.165) is 37.0 Å². The summed E-state index contributed by atoms with van der Waals surface area (Å²) in [6.45, 7) is 5.99. The summed E-state index contributed by atoms with van der Waals surface area (Å²) in [7, 11) is 0. The van der Waals surface area contributed by atoms with Crippen LogP contribution < -0.4 is 20.5 Å². The number of nitrogens with zero attached hydrogens (tertiary/aromatic N) is 3. The van der Waals surface area contributed by atoms with E-state index in [9.17, 15) is 9.59 Å². The number of rotatable bonds is 8. The van der Waals surface area contributed by atoms with Crippen molar-refractivity contribution < 1.29 is 9.53 Å². The SMILES string of the molecule is C=CCOc1cccc(NC(=O)CCn2c(=O)c(N3CCCCC3)nc3ccccc32)c1. The number of carbonyl (C=O) groups is 1. The summed E-state index contributed by atoms with van der Waals surface area (Å²) < 4.78 is 7.19. The van der Waals surface area contributed by atoms with Crippen LogP contribution in [0.1, 0.15) is 25.7 Å². The topological polar surface area (TPSA) is 76.5 Å². The molecule has 0 saturated carbocycles. The van der Waals surface area contributed by atoms with E-state index in [1.165, 1.54) is 6.42 Å². The number of hydrogen-bond acceptors (Lipinski definition) is 5. The van der Waals surface area contributed by atoms with E-state index in [2.05, 4.69) is 21.8 Å². The summed E-state index contributed by atoms with van der Waals surface area (Å²) in [6, 6.07) is 14.8. The summed E-state index contributed by atoms with van der Waals surface area (Å²) in [5.41, 5.74) is 2.02. The molecule has 1 aliphatic rings. The summed E-state index contributed by atoms with van der Waals surface area (Å²) in [6.07, 6.45) is 5.14. The van der Waals surface area contributed by atoms with Gasteiger partial charge in [-0.15, -0.1) is 0 Å². The number of anilines is 2. The highest BCUT2D eigenvalue weighted by molar-refractivity contribution is 5.91. The van der Waals surface area contributed by atoms with E-state index in [1.807, 2.05) is 36.4 Å². The van der Waals surface area contributed by atoms with E-state index in [4.69, 9.17) is 4.74 Å². The van der Waals surface area contributed by atoms with Crippen molar-refractivity contribution in [3.05, 3.63) is 71.5 Å². The lowest BCUT2D eigenvalue weighted by Crippen LogP contribution is -2.37. The molecule has 1 saturated heterocycles. The molecule has 0 bridgehead atoms. The largest absolute Gasteiger partial charge is 0.489 e. The molecular weight excluding hydrogens is 404 g/mol. The van der Waals surface area contributed by atoms with Crippen molar-refractivity contribution in [2.45, 2.75) is 32.2 Å². The van der Waals surface area contributed by atoms with Crippen molar-refractivity contribution >= 4 is 28.4 Å². The molecule has 32 heavy (non-hydrogen) atoms. The molecule has 0 radical (unpaired) electrons. The Morgan fingerprint density at radius 2 is 1.94 bits per heavy atom. The lowest BCUT2D eigenvalue weighted by molar-refractivity contribution is -0.116. The molecule has 0 unspecified atom stereocenters. The van der Waals surface area contributed by atoms with E-state index in [1.54, 1.807) is 22.8 Å². The van der Waals surface area contributed by atoms with Crippen LogP contribution in [0.5, 0.6) is 5.75 Å². The first-order chi connectivity index (χ1) is 15.7. The molecule has 1 amide bonds. The van der Waals surface area contributed by atoms with Crippen LogP contribution in [-0.4, -0.2) is 35.2 Å². The van der Waals surface area contributed by atoms with Gasteiger partial charge >= 0.3 is 0 Å². The molecule has 1 aromatic heterocycles. The van der Waals surface area contributed by atoms with Crippen molar-refractivity contribution in [2.24, 2.45) is 0 Å². The smallest absolute Gasteiger partial charge is 0.294 e. The second-order valence-electron chi connectivity index (χ2n) is 7.85. The number of aromatic nitrogens is 2. The average Bonchev–Trinajstić information content (AvgIpc) is 2.82. The molecule has 7 nitrogen and oxygen atoms in total. The lowest BCUT2D eigenvalue weighted by atomic mass is 10.1. The summed E-state index contributed by atoms with van der Waals surface area (Å²) >= 11 is 0. The van der Waals surface area contributed by atoms with Gasteiger partial charge in [0, 0.05) is 37.8 Å². The normalized spacial score (nSPS) is 13.7. The molecule has 7 heteroatoms. The van der Waals surface area contributed by atoms with Gasteiger partial charge in [0.15, 0.2) is 5.82 Å². The molecule has 3 aromatic rings. The van der Waals surface area contributed by atoms with Gasteiger partial charge in [0.05, 0.1) is 11.0 Å². The number of carbonyl (C=O) groups excluding carboxylic acids is 1. The second kappa shape index (κ2) is 10.1. The zero-order valence-corrected chi connectivity index (χ0v) is 18.1. The Bertz CT molecular complexity index is 1170. The van der Waals surface area contributed by atoms with Gasteiger partial charge in [-0.3, -0.25) is 9.59 Å². The van der Waals surface area contributed by atoms with Crippen LogP contribution in [0.25, 0.3) is 11.0 Å². The number of nitrogens with one attached hydrogen (secondary N) is 1. The number of para-hydroxylation sites is 2. The maximum absolute atomic E-state index is 13.3. The number of hydrogen-bond donors (Lipinski definition) is 1. The Hall–Kier alpha value is -3.61. The number of aryl methyl sites for hydroxylation is 1. The predicted octanol–water partition coefficient (Wildman–Crippen LogP) is 3.98. The second-order valence-corrected chi connectivity index (χ2v) is 7.85. The Morgan fingerprint density at radius 1 is 1.12 bits per heavy atom. The first kappa shape index (κ1) is 21.6. The fourth-order valence-corrected chi connectivity index (χ4v) is 3.97. The van der Waals surface area contributed by atoms with Crippen LogP contribution in [-0.2, 0) is 11.3 Å². The van der Waals surface area contributed by atoms with Gasteiger partial charge in [-0.25, -0.2) is 4.98 Å². The quantitative estimate of drug-likeness (QED) is 0.545.